The lowest BCUT2D eigenvalue weighted by Crippen LogP contribution is -2.19. The normalized spacial score (nSPS) is 15.1. The van der Waals surface area contributed by atoms with E-state index < -0.39 is 0 Å². The third-order valence-corrected chi connectivity index (χ3v) is 3.50. The predicted molar refractivity (Wildman–Crippen MR) is 76.4 cm³/mol. The van der Waals surface area contributed by atoms with Gasteiger partial charge in [0.05, 0.1) is 6.04 Å². The average molecular weight is 273 g/mol. The molecular formula is C16H19NO3. The SMILES string of the molecule is CCc1ccc(C(NC)c2ccc3c(c2)OCCO3)o1. The second kappa shape index (κ2) is 5.59. The van der Waals surface area contributed by atoms with Gasteiger partial charge in [-0.05, 0) is 36.9 Å². The maximum absolute atomic E-state index is 5.85. The number of hydrogen-bond acceptors (Lipinski definition) is 4. The minimum absolute atomic E-state index is 0.0196. The van der Waals surface area contributed by atoms with Crippen molar-refractivity contribution in [2.45, 2.75) is 19.4 Å². The zero-order valence-corrected chi connectivity index (χ0v) is 11.8. The van der Waals surface area contributed by atoms with E-state index in [1.165, 1.54) is 0 Å². The number of nitrogens with one attached hydrogen (secondary N) is 1. The van der Waals surface area contributed by atoms with Gasteiger partial charge in [-0.1, -0.05) is 13.0 Å². The highest BCUT2D eigenvalue weighted by atomic mass is 16.6. The zero-order valence-electron chi connectivity index (χ0n) is 11.8. The van der Waals surface area contributed by atoms with Crippen molar-refractivity contribution in [2.24, 2.45) is 0 Å². The van der Waals surface area contributed by atoms with E-state index >= 15 is 0 Å². The van der Waals surface area contributed by atoms with Crippen LogP contribution in [0.2, 0.25) is 0 Å². The summed E-state index contributed by atoms with van der Waals surface area (Å²) in [6.07, 6.45) is 0.900. The van der Waals surface area contributed by atoms with Crippen LogP contribution in [0, 0.1) is 0 Å². The monoisotopic (exact) mass is 273 g/mol. The molecule has 0 radical (unpaired) electrons. The first-order valence-corrected chi connectivity index (χ1v) is 6.97. The van der Waals surface area contributed by atoms with Crippen molar-refractivity contribution in [3.8, 4) is 11.5 Å². The summed E-state index contributed by atoms with van der Waals surface area (Å²) in [7, 11) is 1.93. The van der Waals surface area contributed by atoms with Crippen LogP contribution >= 0.6 is 0 Å². The molecule has 106 valence electrons. The van der Waals surface area contributed by atoms with Crippen molar-refractivity contribution in [1.82, 2.24) is 5.32 Å². The van der Waals surface area contributed by atoms with Crippen LogP contribution in [0.5, 0.6) is 11.5 Å². The molecule has 2 heterocycles. The molecule has 0 saturated carbocycles. The molecule has 0 amide bonds. The third-order valence-electron chi connectivity index (χ3n) is 3.50. The highest BCUT2D eigenvalue weighted by Crippen LogP contribution is 2.34. The van der Waals surface area contributed by atoms with Gasteiger partial charge in [0, 0.05) is 6.42 Å². The average Bonchev–Trinajstić information content (AvgIpc) is 2.97. The zero-order chi connectivity index (χ0) is 13.9. The molecule has 3 rings (SSSR count). The smallest absolute Gasteiger partial charge is 0.161 e. The maximum Gasteiger partial charge on any atom is 0.161 e. The second-order valence-electron chi connectivity index (χ2n) is 4.78. The van der Waals surface area contributed by atoms with Crippen molar-refractivity contribution >= 4 is 0 Å². The number of hydrogen-bond donors (Lipinski definition) is 1. The van der Waals surface area contributed by atoms with Crippen LogP contribution in [0.3, 0.4) is 0 Å². The minimum Gasteiger partial charge on any atom is -0.486 e. The van der Waals surface area contributed by atoms with Gasteiger partial charge in [-0.2, -0.15) is 0 Å². The fourth-order valence-corrected chi connectivity index (χ4v) is 2.45. The Morgan fingerprint density at radius 3 is 2.60 bits per heavy atom. The van der Waals surface area contributed by atoms with Gasteiger partial charge in [0.2, 0.25) is 0 Å². The molecule has 1 aromatic heterocycles. The molecule has 1 aliphatic rings. The molecule has 4 heteroatoms. The molecule has 2 aromatic rings. The summed E-state index contributed by atoms with van der Waals surface area (Å²) in [5.74, 6) is 3.53. The van der Waals surface area contributed by atoms with E-state index in [0.717, 1.165) is 35.0 Å². The molecule has 0 saturated heterocycles. The van der Waals surface area contributed by atoms with Crippen molar-refractivity contribution in [1.29, 1.82) is 0 Å². The quantitative estimate of drug-likeness (QED) is 0.930. The van der Waals surface area contributed by atoms with Crippen molar-refractivity contribution in [2.75, 3.05) is 20.3 Å². The molecule has 20 heavy (non-hydrogen) atoms. The van der Waals surface area contributed by atoms with Crippen LogP contribution in [-0.4, -0.2) is 20.3 Å². The standard InChI is InChI=1S/C16H19NO3/c1-3-12-5-7-14(20-12)16(17-2)11-4-6-13-15(10-11)19-9-8-18-13/h4-7,10,16-17H,3,8-9H2,1-2H3. The maximum atomic E-state index is 5.85. The van der Waals surface area contributed by atoms with E-state index in [9.17, 15) is 0 Å². The first-order valence-electron chi connectivity index (χ1n) is 6.97. The Kier molecular flexibility index (Phi) is 3.65. The van der Waals surface area contributed by atoms with Crippen molar-refractivity contribution in [3.05, 3.63) is 47.4 Å². The van der Waals surface area contributed by atoms with Gasteiger partial charge in [0.1, 0.15) is 24.7 Å². The van der Waals surface area contributed by atoms with E-state index in [4.69, 9.17) is 13.9 Å². The number of ether oxygens (including phenoxy) is 2. The first kappa shape index (κ1) is 13.1. The summed E-state index contributed by atoms with van der Waals surface area (Å²) in [5, 5.41) is 3.29. The topological polar surface area (TPSA) is 43.6 Å². The van der Waals surface area contributed by atoms with E-state index in [0.29, 0.717) is 13.2 Å². The molecule has 1 atom stereocenters. The Morgan fingerprint density at radius 1 is 1.10 bits per heavy atom. The summed E-state index contributed by atoms with van der Waals surface area (Å²) in [6.45, 7) is 3.29. The highest BCUT2D eigenvalue weighted by Gasteiger charge is 2.19. The molecule has 0 spiro atoms. The number of aryl methyl sites for hydroxylation is 1. The van der Waals surface area contributed by atoms with Gasteiger partial charge in [-0.15, -0.1) is 0 Å². The van der Waals surface area contributed by atoms with Crippen LogP contribution in [-0.2, 0) is 6.42 Å². The lowest BCUT2D eigenvalue weighted by molar-refractivity contribution is 0.171. The molecule has 1 unspecified atom stereocenters. The Hall–Kier alpha value is -1.94. The van der Waals surface area contributed by atoms with Crippen LogP contribution in [0.1, 0.15) is 30.0 Å². The molecular weight excluding hydrogens is 254 g/mol. The Morgan fingerprint density at radius 2 is 1.90 bits per heavy atom. The van der Waals surface area contributed by atoms with Crippen molar-refractivity contribution in [3.63, 3.8) is 0 Å². The summed E-state index contributed by atoms with van der Waals surface area (Å²) in [5.41, 5.74) is 1.11. The van der Waals surface area contributed by atoms with E-state index in [1.54, 1.807) is 0 Å². The Balaban J connectivity index is 1.92. The van der Waals surface area contributed by atoms with Gasteiger partial charge >= 0.3 is 0 Å². The van der Waals surface area contributed by atoms with Crippen LogP contribution < -0.4 is 14.8 Å². The van der Waals surface area contributed by atoms with Crippen molar-refractivity contribution < 1.29 is 13.9 Å². The molecule has 0 fully saturated rings. The summed E-state index contributed by atoms with van der Waals surface area (Å²) < 4.78 is 17.0. The third kappa shape index (κ3) is 2.39. The van der Waals surface area contributed by atoms with Gasteiger partial charge in [0.15, 0.2) is 11.5 Å². The number of benzene rings is 1. The van der Waals surface area contributed by atoms with E-state index in [-0.39, 0.29) is 6.04 Å². The molecule has 1 N–H and O–H groups in total. The summed E-state index contributed by atoms with van der Waals surface area (Å²) in [6, 6.07) is 10.1. The summed E-state index contributed by atoms with van der Waals surface area (Å²) >= 11 is 0. The Labute approximate surface area is 118 Å². The molecule has 1 aromatic carbocycles. The first-order chi connectivity index (χ1) is 9.81. The lowest BCUT2D eigenvalue weighted by atomic mass is 10.0. The summed E-state index contributed by atoms with van der Waals surface area (Å²) in [4.78, 5) is 0. The Bertz CT molecular complexity index is 591. The lowest BCUT2D eigenvalue weighted by Gasteiger charge is -2.21. The number of rotatable bonds is 4. The fourth-order valence-electron chi connectivity index (χ4n) is 2.45. The largest absolute Gasteiger partial charge is 0.486 e. The molecule has 1 aliphatic heterocycles. The molecule has 0 bridgehead atoms. The molecule has 0 aliphatic carbocycles. The van der Waals surface area contributed by atoms with E-state index in [1.807, 2.05) is 37.4 Å². The van der Waals surface area contributed by atoms with Gasteiger partial charge in [0.25, 0.3) is 0 Å². The number of fused-ring (bicyclic) bond motifs is 1. The van der Waals surface area contributed by atoms with Crippen LogP contribution in [0.25, 0.3) is 0 Å². The van der Waals surface area contributed by atoms with Crippen LogP contribution in [0.4, 0.5) is 0 Å². The second-order valence-corrected chi connectivity index (χ2v) is 4.78. The highest BCUT2D eigenvalue weighted by molar-refractivity contribution is 5.45. The van der Waals surface area contributed by atoms with E-state index in [2.05, 4.69) is 12.2 Å². The van der Waals surface area contributed by atoms with Crippen LogP contribution in [0.15, 0.2) is 34.7 Å². The van der Waals surface area contributed by atoms with Gasteiger partial charge in [-0.25, -0.2) is 0 Å². The number of furan rings is 1. The van der Waals surface area contributed by atoms with Gasteiger partial charge in [-0.3, -0.25) is 0 Å². The fraction of sp³-hybridized carbons (Fsp3) is 0.375. The molecule has 4 nitrogen and oxygen atoms in total. The minimum atomic E-state index is 0.0196. The van der Waals surface area contributed by atoms with Gasteiger partial charge < -0.3 is 19.2 Å². The predicted octanol–water partition coefficient (Wildman–Crippen LogP) is 2.92.